The molecule has 5 aliphatic rings. The average Bonchev–Trinajstić information content (AvgIpc) is 3.64. The molecule has 7 nitrogen and oxygen atoms in total. The molecule has 4 fully saturated rings. The third-order valence-corrected chi connectivity index (χ3v) is 17.8. The number of H-pyrrole nitrogens is 1. The number of aryl methyl sites for hydroxylation is 1. The van der Waals surface area contributed by atoms with Crippen LogP contribution >= 0.6 is 0 Å². The van der Waals surface area contributed by atoms with E-state index in [0.717, 1.165) is 56.3 Å². The number of hydrogen-bond acceptors (Lipinski definition) is 4. The van der Waals surface area contributed by atoms with E-state index >= 15 is 0 Å². The number of nitrogens with one attached hydrogen (secondary N) is 2. The molecule has 0 bridgehead atoms. The summed E-state index contributed by atoms with van der Waals surface area (Å²) in [5.74, 6) is 2.23. The number of allylic oxidation sites excluding steroid dienone is 3. The normalized spacial score (nSPS) is 41.0. The van der Waals surface area contributed by atoms with E-state index < -0.39 is 11.4 Å². The van der Waals surface area contributed by atoms with Gasteiger partial charge in [-0.3, -0.25) is 9.89 Å². The van der Waals surface area contributed by atoms with Gasteiger partial charge in [-0.2, -0.15) is 5.10 Å². The molecule has 1 aromatic carbocycles. The van der Waals surface area contributed by atoms with E-state index in [2.05, 4.69) is 88.5 Å². The average molecular weight is 709 g/mol. The van der Waals surface area contributed by atoms with Gasteiger partial charge < -0.3 is 10.4 Å². The van der Waals surface area contributed by atoms with Crippen LogP contribution in [0.15, 0.2) is 42.5 Å². The van der Waals surface area contributed by atoms with Crippen LogP contribution in [0.4, 0.5) is 0 Å². The minimum Gasteiger partial charge on any atom is -0.478 e. The van der Waals surface area contributed by atoms with Crippen LogP contribution in [-0.4, -0.2) is 32.2 Å². The number of aromatic carboxylic acids is 1. The maximum absolute atomic E-state index is 15.0. The zero-order valence-corrected chi connectivity index (χ0v) is 33.6. The van der Waals surface area contributed by atoms with E-state index in [1.54, 1.807) is 12.1 Å². The Bertz CT molecular complexity index is 1820. The van der Waals surface area contributed by atoms with Gasteiger partial charge in [-0.1, -0.05) is 72.2 Å². The highest BCUT2D eigenvalue weighted by molar-refractivity contribution is 5.88. The lowest BCUT2D eigenvalue weighted by molar-refractivity contribution is -0.290. The van der Waals surface area contributed by atoms with Gasteiger partial charge in [0.05, 0.1) is 17.0 Å². The lowest BCUT2D eigenvalue weighted by Gasteiger charge is -2.78. The van der Waals surface area contributed by atoms with Crippen molar-refractivity contribution in [3.63, 3.8) is 0 Å². The van der Waals surface area contributed by atoms with Crippen molar-refractivity contribution in [1.29, 1.82) is 0 Å². The van der Waals surface area contributed by atoms with Crippen LogP contribution in [0.2, 0.25) is 0 Å². The zero-order valence-electron chi connectivity index (χ0n) is 33.6. The number of nitrogens with zero attached hydrogens (tertiary/aromatic N) is 2. The molecule has 10 atom stereocenters. The van der Waals surface area contributed by atoms with Crippen LogP contribution in [0.3, 0.4) is 0 Å². The Morgan fingerprint density at radius 1 is 0.942 bits per heavy atom. The van der Waals surface area contributed by atoms with Crippen LogP contribution in [0.25, 0.3) is 5.57 Å². The zero-order chi connectivity index (χ0) is 37.9. The fraction of sp³-hybridized carbons (Fsp3) is 0.689. The van der Waals surface area contributed by atoms with E-state index in [1.807, 2.05) is 26.0 Å². The highest BCUT2D eigenvalue weighted by atomic mass is 16.4. The van der Waals surface area contributed by atoms with Gasteiger partial charge in [-0.25, -0.2) is 9.78 Å². The fourth-order valence-corrected chi connectivity index (χ4v) is 14.8. The summed E-state index contributed by atoms with van der Waals surface area (Å²) in [6.07, 6.45) is 13.2. The third-order valence-electron chi connectivity index (χ3n) is 17.8. The van der Waals surface area contributed by atoms with E-state index in [1.165, 1.54) is 30.4 Å². The van der Waals surface area contributed by atoms with E-state index in [4.69, 9.17) is 0 Å². The first-order valence-corrected chi connectivity index (χ1v) is 20.1. The molecule has 1 aromatic heterocycles. The molecule has 0 saturated heterocycles. The minimum atomic E-state index is -0.880. The molecule has 3 N–H and O–H groups in total. The number of rotatable bonds is 7. The maximum atomic E-state index is 15.0. The van der Waals surface area contributed by atoms with Gasteiger partial charge in [-0.15, -0.1) is 6.58 Å². The number of fused-ring (bicyclic) bond motifs is 7. The summed E-state index contributed by atoms with van der Waals surface area (Å²) >= 11 is 0. The summed E-state index contributed by atoms with van der Waals surface area (Å²) in [6, 6.07) is 7.28. The second-order valence-corrected chi connectivity index (χ2v) is 19.9. The number of carbonyl (C=O) groups is 2. The van der Waals surface area contributed by atoms with E-state index in [0.29, 0.717) is 29.1 Å². The first-order chi connectivity index (χ1) is 24.2. The molecule has 4 saturated carbocycles. The summed E-state index contributed by atoms with van der Waals surface area (Å²) in [5.41, 5.74) is 3.68. The van der Waals surface area contributed by atoms with Crippen molar-refractivity contribution in [2.24, 2.45) is 55.7 Å². The number of carboxylic acids is 1. The fourth-order valence-electron chi connectivity index (χ4n) is 14.8. The number of carboxylic acid groups (broad SMARTS) is 1. The van der Waals surface area contributed by atoms with Gasteiger partial charge in [0.25, 0.3) is 0 Å². The van der Waals surface area contributed by atoms with Gasteiger partial charge in [0.2, 0.25) is 5.91 Å². The van der Waals surface area contributed by atoms with E-state index in [-0.39, 0.29) is 44.4 Å². The number of aromatic amines is 1. The van der Waals surface area contributed by atoms with Crippen LogP contribution < -0.4 is 5.32 Å². The second-order valence-electron chi connectivity index (χ2n) is 19.9. The summed E-state index contributed by atoms with van der Waals surface area (Å²) in [5, 5.41) is 20.4. The van der Waals surface area contributed by atoms with Crippen molar-refractivity contribution in [3.05, 3.63) is 65.3 Å². The molecular weight excluding hydrogens is 645 g/mol. The summed E-state index contributed by atoms with van der Waals surface area (Å²) in [6.45, 7) is 28.5. The molecule has 1 amide bonds. The molecule has 1 heterocycles. The molecule has 7 heteroatoms. The summed E-state index contributed by atoms with van der Waals surface area (Å²) in [7, 11) is 0. The molecule has 282 valence electrons. The number of aromatic nitrogens is 3. The Balaban J connectivity index is 1.26. The van der Waals surface area contributed by atoms with Gasteiger partial charge in [0, 0.05) is 0 Å². The van der Waals surface area contributed by atoms with Crippen molar-refractivity contribution in [2.45, 2.75) is 139 Å². The maximum Gasteiger partial charge on any atom is 0.335 e. The van der Waals surface area contributed by atoms with Gasteiger partial charge in [0.15, 0.2) is 5.82 Å². The van der Waals surface area contributed by atoms with Crippen molar-refractivity contribution in [1.82, 2.24) is 20.5 Å². The molecule has 0 radical (unpaired) electrons. The number of amides is 1. The second kappa shape index (κ2) is 11.9. The Kier molecular flexibility index (Phi) is 8.48. The third kappa shape index (κ3) is 4.68. The van der Waals surface area contributed by atoms with Crippen molar-refractivity contribution < 1.29 is 14.7 Å². The largest absolute Gasteiger partial charge is 0.478 e. The van der Waals surface area contributed by atoms with Crippen LogP contribution in [0.1, 0.15) is 160 Å². The molecular formula is C45H64N4O3. The molecule has 52 heavy (non-hydrogen) atoms. The molecule has 2 aromatic rings. The van der Waals surface area contributed by atoms with Crippen LogP contribution in [0, 0.1) is 62.6 Å². The van der Waals surface area contributed by atoms with Crippen molar-refractivity contribution >= 4 is 17.4 Å². The molecule has 1 unspecified atom stereocenters. The monoisotopic (exact) mass is 708 g/mol. The van der Waals surface area contributed by atoms with Gasteiger partial charge in [0.1, 0.15) is 5.82 Å². The first-order valence-electron chi connectivity index (χ1n) is 20.1. The molecule has 5 aliphatic carbocycles. The Hall–Kier alpha value is -3.22. The highest BCUT2D eigenvalue weighted by Crippen LogP contribution is 2.84. The predicted molar refractivity (Wildman–Crippen MR) is 207 cm³/mol. The first kappa shape index (κ1) is 37.1. The standard InChI is InChI=1S/C45H64N4O3/c1-27(2)26-32-16-23-45(38(52)46-28(3)36-47-29(4)48-49-36)25-24-42(9)41(8)21-18-34-39(5,6)33(30-12-14-31(15-13-30)37(50)51)17-20-40(34,7)35(41)19-22-43(42,10)44(32,45)11/h12-15,17,28,32,34-35H,1,16,18-26H2,2-11H3,(H,46,52)(H,50,51)(H,47,48,49)/t28?,32-,34-,35+,40-,41+,42-,43-,44+,45+/m0/s1. The van der Waals surface area contributed by atoms with E-state index in [9.17, 15) is 14.7 Å². The van der Waals surface area contributed by atoms with Gasteiger partial charge >= 0.3 is 5.97 Å². The summed E-state index contributed by atoms with van der Waals surface area (Å²) < 4.78 is 0. The topological polar surface area (TPSA) is 108 Å². The highest BCUT2D eigenvalue weighted by Gasteiger charge is 2.79. The lowest BCUT2D eigenvalue weighted by Crippen LogP contribution is -2.73. The molecule has 7 rings (SSSR count). The number of carbonyl (C=O) groups excluding carboxylic acids is 1. The quantitative estimate of drug-likeness (QED) is 0.248. The number of hydrogen-bond donors (Lipinski definition) is 3. The lowest BCUT2D eigenvalue weighted by atomic mass is 9.26. The SMILES string of the molecule is C=C(C)C[C@@H]1CC[C@]2(C(=O)NC(C)c3n[nH]c(C)n3)CC[C@]3(C)[C@](C)(CC[C@@H]4[C@@]5(C)CC=C(c6ccc(C(=O)O)cc6)C(C)(C)[C@@H]5CC[C@]43C)[C@@]12C. The van der Waals surface area contributed by atoms with Crippen molar-refractivity contribution in [2.75, 3.05) is 0 Å². The van der Waals surface area contributed by atoms with Crippen LogP contribution in [0.5, 0.6) is 0 Å². The Morgan fingerprint density at radius 3 is 2.23 bits per heavy atom. The minimum absolute atomic E-state index is 0.0387. The Morgan fingerprint density at radius 2 is 1.62 bits per heavy atom. The van der Waals surface area contributed by atoms with Crippen molar-refractivity contribution in [3.8, 4) is 0 Å². The van der Waals surface area contributed by atoms with Gasteiger partial charge in [-0.05, 0) is 158 Å². The molecule has 0 aliphatic heterocycles. The smallest absolute Gasteiger partial charge is 0.335 e. The van der Waals surface area contributed by atoms with Crippen LogP contribution in [-0.2, 0) is 4.79 Å². The number of benzene rings is 1. The molecule has 0 spiro atoms. The summed E-state index contributed by atoms with van der Waals surface area (Å²) in [4.78, 5) is 31.2. The Labute approximate surface area is 312 Å². The predicted octanol–water partition coefficient (Wildman–Crippen LogP) is 10.5.